The van der Waals surface area contributed by atoms with Crippen LogP contribution in [-0.2, 0) is 21.2 Å². The van der Waals surface area contributed by atoms with E-state index in [1.165, 1.54) is 18.3 Å². The van der Waals surface area contributed by atoms with Crippen LogP contribution < -0.4 is 14.5 Å². The van der Waals surface area contributed by atoms with Crippen LogP contribution in [0.1, 0.15) is 27.6 Å². The highest BCUT2D eigenvalue weighted by Gasteiger charge is 2.31. The predicted molar refractivity (Wildman–Crippen MR) is 149 cm³/mol. The van der Waals surface area contributed by atoms with Crippen molar-refractivity contribution in [3.63, 3.8) is 0 Å². The van der Waals surface area contributed by atoms with Crippen molar-refractivity contribution in [3.05, 3.63) is 71.9 Å². The second kappa shape index (κ2) is 10.6. The Hall–Kier alpha value is -3.73. The third-order valence-electron chi connectivity index (χ3n) is 7.14. The fourth-order valence-corrected chi connectivity index (χ4v) is 6.13. The Labute approximate surface area is 225 Å². The van der Waals surface area contributed by atoms with Crippen molar-refractivity contribution >= 4 is 33.1 Å². The first kappa shape index (κ1) is 25.9. The number of benzene rings is 2. The van der Waals surface area contributed by atoms with Crippen LogP contribution in [-0.4, -0.2) is 68.0 Å². The van der Waals surface area contributed by atoms with Gasteiger partial charge in [0.1, 0.15) is 23.5 Å². The van der Waals surface area contributed by atoms with Gasteiger partial charge in [0.25, 0.3) is 10.0 Å². The molecule has 3 aromatic rings. The van der Waals surface area contributed by atoms with Gasteiger partial charge in [0.05, 0.1) is 4.90 Å². The van der Waals surface area contributed by atoms with E-state index in [1.807, 2.05) is 11.8 Å². The lowest BCUT2D eigenvalue weighted by Crippen LogP contribution is -2.55. The predicted octanol–water partition coefficient (Wildman–Crippen LogP) is 3.71. The fourth-order valence-electron chi connectivity index (χ4n) is 5.13. The molecule has 0 saturated carbocycles. The summed E-state index contributed by atoms with van der Waals surface area (Å²) in [7, 11) is -3.78. The molecule has 0 aliphatic carbocycles. The minimum Gasteiger partial charge on any atom is -0.368 e. The maximum Gasteiger partial charge on any atom is 0.263 e. The number of anilines is 3. The number of halogens is 1. The minimum atomic E-state index is -3.78. The van der Waals surface area contributed by atoms with E-state index < -0.39 is 10.0 Å². The largest absolute Gasteiger partial charge is 0.368 e. The lowest BCUT2D eigenvalue weighted by Gasteiger charge is -2.41. The first-order valence-corrected chi connectivity index (χ1v) is 14.2. The SMILES string of the molecule is Cc1nccc(NS(=O)(=O)c2ccc(N3CCN(C(=O)[C@H](C)N4CCCc5cc(F)ccc54)CC3)cc2)n1.[HH].[HH]. The lowest BCUT2D eigenvalue weighted by molar-refractivity contribution is -0.132. The Balaban J connectivity index is 0.00000220. The van der Waals surface area contributed by atoms with Crippen molar-refractivity contribution in [1.82, 2.24) is 14.9 Å². The summed E-state index contributed by atoms with van der Waals surface area (Å²) in [4.78, 5) is 27.7. The molecule has 1 fully saturated rings. The minimum absolute atomic E-state index is 0. The van der Waals surface area contributed by atoms with Gasteiger partial charge in [-0.25, -0.2) is 22.8 Å². The number of fused-ring (bicyclic) bond motifs is 1. The van der Waals surface area contributed by atoms with Crippen LogP contribution in [0.4, 0.5) is 21.6 Å². The zero-order chi connectivity index (χ0) is 26.9. The van der Waals surface area contributed by atoms with Crippen molar-refractivity contribution in [2.24, 2.45) is 0 Å². The van der Waals surface area contributed by atoms with Gasteiger partial charge in [-0.2, -0.15) is 0 Å². The number of aromatic nitrogens is 2. The molecule has 1 saturated heterocycles. The van der Waals surface area contributed by atoms with Crippen molar-refractivity contribution < 1.29 is 20.5 Å². The van der Waals surface area contributed by atoms with E-state index in [1.54, 1.807) is 43.3 Å². The molecule has 1 N–H and O–H groups in total. The topological polar surface area (TPSA) is 98.7 Å². The molecule has 3 heterocycles. The second-order valence-electron chi connectivity index (χ2n) is 9.65. The van der Waals surface area contributed by atoms with Gasteiger partial charge in [-0.05, 0) is 80.8 Å². The van der Waals surface area contributed by atoms with Crippen LogP contribution in [0.2, 0.25) is 0 Å². The molecule has 1 aromatic heterocycles. The molecule has 2 aliphatic rings. The molecule has 1 atom stereocenters. The van der Waals surface area contributed by atoms with Crippen molar-refractivity contribution in [2.75, 3.05) is 47.2 Å². The number of carbonyl (C=O) groups excluding carboxylic acids is 1. The molecule has 0 radical (unpaired) electrons. The number of aryl methyl sites for hydroxylation is 2. The summed E-state index contributed by atoms with van der Waals surface area (Å²) in [6.45, 7) is 6.81. The zero-order valence-electron chi connectivity index (χ0n) is 21.5. The Bertz CT molecular complexity index is 1440. The number of piperazine rings is 1. The molecule has 0 spiro atoms. The Morgan fingerprint density at radius 3 is 2.50 bits per heavy atom. The Morgan fingerprint density at radius 1 is 1.05 bits per heavy atom. The Morgan fingerprint density at radius 2 is 1.79 bits per heavy atom. The van der Waals surface area contributed by atoms with Crippen molar-refractivity contribution in [3.8, 4) is 0 Å². The van der Waals surface area contributed by atoms with Gasteiger partial charge >= 0.3 is 0 Å². The average molecular weight is 543 g/mol. The molecule has 1 amide bonds. The first-order chi connectivity index (χ1) is 18.2. The van der Waals surface area contributed by atoms with Gasteiger partial charge < -0.3 is 14.7 Å². The zero-order valence-corrected chi connectivity index (χ0v) is 22.3. The third kappa shape index (κ3) is 5.42. The first-order valence-electron chi connectivity index (χ1n) is 12.7. The van der Waals surface area contributed by atoms with Gasteiger partial charge in [-0.3, -0.25) is 9.52 Å². The number of rotatable bonds is 6. The molecule has 0 unspecified atom stereocenters. The molecule has 2 aliphatic heterocycles. The smallest absolute Gasteiger partial charge is 0.263 e. The second-order valence-corrected chi connectivity index (χ2v) is 11.3. The third-order valence-corrected chi connectivity index (χ3v) is 8.51. The summed E-state index contributed by atoms with van der Waals surface area (Å²) in [5, 5.41) is 0. The number of sulfonamides is 1. The van der Waals surface area contributed by atoms with Crippen molar-refractivity contribution in [2.45, 2.75) is 37.6 Å². The maximum atomic E-state index is 13.7. The van der Waals surface area contributed by atoms with Crippen LogP contribution in [0.25, 0.3) is 0 Å². The highest BCUT2D eigenvalue weighted by atomic mass is 32.2. The number of hydrogen-bond donors (Lipinski definition) is 1. The molecular weight excluding hydrogens is 507 g/mol. The van der Waals surface area contributed by atoms with Crippen molar-refractivity contribution in [1.29, 1.82) is 0 Å². The molecule has 204 valence electrons. The quantitative estimate of drug-likeness (QED) is 0.507. The van der Waals surface area contributed by atoms with E-state index in [4.69, 9.17) is 0 Å². The highest BCUT2D eigenvalue weighted by Crippen LogP contribution is 2.30. The van der Waals surface area contributed by atoms with Crippen LogP contribution >= 0.6 is 0 Å². The molecule has 11 heteroatoms. The van der Waals surface area contributed by atoms with Gasteiger partial charge in [-0.15, -0.1) is 0 Å². The Kier molecular flexibility index (Phi) is 7.20. The van der Waals surface area contributed by atoms with Crippen LogP contribution in [0.3, 0.4) is 0 Å². The van der Waals surface area contributed by atoms with E-state index >= 15 is 0 Å². The number of carbonyl (C=O) groups is 1. The van der Waals surface area contributed by atoms with Gasteiger partial charge in [-0.1, -0.05) is 0 Å². The molecule has 2 aromatic carbocycles. The molecule has 9 nitrogen and oxygen atoms in total. The average Bonchev–Trinajstić information content (AvgIpc) is 2.91. The monoisotopic (exact) mass is 542 g/mol. The molecular formula is C27H35FN6O3S. The van der Waals surface area contributed by atoms with E-state index in [-0.39, 0.29) is 31.3 Å². The number of hydrogen-bond acceptors (Lipinski definition) is 7. The van der Waals surface area contributed by atoms with E-state index in [0.717, 1.165) is 36.3 Å². The van der Waals surface area contributed by atoms with E-state index in [2.05, 4.69) is 24.5 Å². The van der Waals surface area contributed by atoms with Crippen LogP contribution in [0.15, 0.2) is 59.6 Å². The summed E-state index contributed by atoms with van der Waals surface area (Å²) >= 11 is 0. The summed E-state index contributed by atoms with van der Waals surface area (Å²) in [6.07, 6.45) is 3.21. The highest BCUT2D eigenvalue weighted by molar-refractivity contribution is 7.92. The molecule has 5 rings (SSSR count). The normalized spacial score (nSPS) is 16.7. The van der Waals surface area contributed by atoms with E-state index in [0.29, 0.717) is 32.0 Å². The van der Waals surface area contributed by atoms with Crippen LogP contribution in [0, 0.1) is 12.7 Å². The van der Waals surface area contributed by atoms with Gasteiger partial charge in [0.2, 0.25) is 5.91 Å². The number of amides is 1. The van der Waals surface area contributed by atoms with Gasteiger partial charge in [0.15, 0.2) is 0 Å². The summed E-state index contributed by atoms with van der Waals surface area (Å²) < 4.78 is 41.7. The van der Waals surface area contributed by atoms with Gasteiger partial charge in [0, 0.05) is 53.1 Å². The fraction of sp³-hybridized carbons (Fsp3) is 0.370. The van der Waals surface area contributed by atoms with Crippen LogP contribution in [0.5, 0.6) is 0 Å². The number of nitrogens with zero attached hydrogens (tertiary/aromatic N) is 5. The molecule has 38 heavy (non-hydrogen) atoms. The maximum absolute atomic E-state index is 13.7. The summed E-state index contributed by atoms with van der Waals surface area (Å²) in [5.41, 5.74) is 2.79. The number of nitrogens with one attached hydrogen (secondary N) is 1. The van der Waals surface area contributed by atoms with E-state index in [9.17, 15) is 17.6 Å². The molecule has 0 bridgehead atoms. The summed E-state index contributed by atoms with van der Waals surface area (Å²) in [5.74, 6) is 0.512. The summed E-state index contributed by atoms with van der Waals surface area (Å²) in [6, 6.07) is 12.7. The lowest BCUT2D eigenvalue weighted by atomic mass is 9.99. The standard InChI is InChI=1S/C27H31FN6O3S.2H2/c1-19(34-13-3-4-21-18-22(28)5-10-25(21)34)27(35)33-16-14-32(15-17-33)23-6-8-24(9-7-23)38(36,37)31-26-11-12-29-20(2)30-26;;/h5-12,18-19H,3-4,13-17H2,1-2H3,(H,29,30,31);2*1H/t19-;;/m0../s1.